The van der Waals surface area contributed by atoms with E-state index >= 15 is 0 Å². The summed E-state index contributed by atoms with van der Waals surface area (Å²) in [5.41, 5.74) is 7.83. The molecule has 33 heavy (non-hydrogen) atoms. The fraction of sp³-hybridized carbons (Fsp3) is 0.417. The number of carbonyl (C=O) groups excluding carboxylic acids is 1. The molecule has 0 aliphatic carbocycles. The van der Waals surface area contributed by atoms with Gasteiger partial charge in [0.05, 0.1) is 12.3 Å². The van der Waals surface area contributed by atoms with E-state index in [2.05, 4.69) is 15.1 Å². The first-order valence-corrected chi connectivity index (χ1v) is 11.3. The van der Waals surface area contributed by atoms with Gasteiger partial charge in [0.15, 0.2) is 0 Å². The summed E-state index contributed by atoms with van der Waals surface area (Å²) in [5.74, 6) is 0.485. The SMILES string of the molecule is CCOc1ccccc1N(CCN1CCN(c2cccc(NC(=O)CCN)c2)CC1)C(=O)O. The minimum absolute atomic E-state index is 0.0895. The van der Waals surface area contributed by atoms with E-state index in [1.807, 2.05) is 43.3 Å². The molecule has 9 nitrogen and oxygen atoms in total. The van der Waals surface area contributed by atoms with E-state index in [0.29, 0.717) is 44.1 Å². The van der Waals surface area contributed by atoms with Crippen molar-refractivity contribution < 1.29 is 19.4 Å². The number of hydrogen-bond donors (Lipinski definition) is 3. The lowest BCUT2D eigenvalue weighted by molar-refractivity contribution is -0.116. The average molecular weight is 456 g/mol. The Labute approximate surface area is 194 Å². The molecule has 0 saturated carbocycles. The van der Waals surface area contributed by atoms with Gasteiger partial charge in [0.1, 0.15) is 5.75 Å². The number of piperazine rings is 1. The minimum atomic E-state index is -0.991. The van der Waals surface area contributed by atoms with Crippen LogP contribution in [-0.4, -0.2) is 74.4 Å². The van der Waals surface area contributed by atoms with Crippen molar-refractivity contribution in [1.82, 2.24) is 4.90 Å². The van der Waals surface area contributed by atoms with Crippen LogP contribution in [0.4, 0.5) is 21.9 Å². The van der Waals surface area contributed by atoms with Crippen LogP contribution in [0, 0.1) is 0 Å². The van der Waals surface area contributed by atoms with Crippen molar-refractivity contribution >= 4 is 29.1 Å². The van der Waals surface area contributed by atoms with Crippen molar-refractivity contribution in [2.75, 3.05) is 67.5 Å². The number of rotatable bonds is 10. The third kappa shape index (κ3) is 6.84. The van der Waals surface area contributed by atoms with Crippen molar-refractivity contribution in [2.45, 2.75) is 13.3 Å². The first-order chi connectivity index (χ1) is 16.0. The molecule has 0 bridgehead atoms. The molecule has 178 valence electrons. The Morgan fingerprint density at radius 1 is 1.12 bits per heavy atom. The number of ether oxygens (including phenoxy) is 1. The number of benzene rings is 2. The quantitative estimate of drug-likeness (QED) is 0.505. The molecule has 1 heterocycles. The highest BCUT2D eigenvalue weighted by molar-refractivity contribution is 5.91. The Hall–Kier alpha value is -3.30. The minimum Gasteiger partial charge on any atom is -0.492 e. The summed E-state index contributed by atoms with van der Waals surface area (Å²) in [5, 5.41) is 12.6. The molecule has 0 aromatic heterocycles. The topological polar surface area (TPSA) is 111 Å². The normalized spacial score (nSPS) is 14.1. The second kappa shape index (κ2) is 12.1. The van der Waals surface area contributed by atoms with E-state index in [0.717, 1.165) is 37.6 Å². The Morgan fingerprint density at radius 2 is 1.88 bits per heavy atom. The number of carboxylic acid groups (broad SMARTS) is 1. The zero-order chi connectivity index (χ0) is 23.6. The van der Waals surface area contributed by atoms with Crippen molar-refractivity contribution in [2.24, 2.45) is 5.73 Å². The largest absolute Gasteiger partial charge is 0.492 e. The summed E-state index contributed by atoms with van der Waals surface area (Å²) in [6, 6.07) is 15.0. The van der Waals surface area contributed by atoms with E-state index in [9.17, 15) is 14.7 Å². The van der Waals surface area contributed by atoms with Crippen molar-refractivity contribution in [3.63, 3.8) is 0 Å². The molecule has 3 rings (SSSR count). The van der Waals surface area contributed by atoms with E-state index in [-0.39, 0.29) is 5.91 Å². The van der Waals surface area contributed by atoms with E-state index < -0.39 is 6.09 Å². The number of nitrogens with two attached hydrogens (primary N) is 1. The third-order valence-corrected chi connectivity index (χ3v) is 5.57. The van der Waals surface area contributed by atoms with Gasteiger partial charge in [-0.25, -0.2) is 4.79 Å². The fourth-order valence-electron chi connectivity index (χ4n) is 3.88. The lowest BCUT2D eigenvalue weighted by Gasteiger charge is -2.37. The predicted octanol–water partition coefficient (Wildman–Crippen LogP) is 2.68. The van der Waals surface area contributed by atoms with Crippen LogP contribution in [0.3, 0.4) is 0 Å². The smallest absolute Gasteiger partial charge is 0.411 e. The fourth-order valence-corrected chi connectivity index (χ4v) is 3.88. The molecule has 2 amide bonds. The van der Waals surface area contributed by atoms with E-state index in [1.54, 1.807) is 12.1 Å². The summed E-state index contributed by atoms with van der Waals surface area (Å²) < 4.78 is 5.61. The van der Waals surface area contributed by atoms with Gasteiger partial charge in [0, 0.05) is 63.6 Å². The number of hydrogen-bond acceptors (Lipinski definition) is 6. The number of para-hydroxylation sites is 2. The number of amides is 2. The number of nitrogens with zero attached hydrogens (tertiary/aromatic N) is 3. The van der Waals surface area contributed by atoms with Crippen molar-refractivity contribution in [1.29, 1.82) is 0 Å². The Balaban J connectivity index is 1.55. The molecule has 1 saturated heterocycles. The van der Waals surface area contributed by atoms with Crippen LogP contribution in [0.15, 0.2) is 48.5 Å². The Morgan fingerprint density at radius 3 is 2.58 bits per heavy atom. The van der Waals surface area contributed by atoms with Gasteiger partial charge in [0.25, 0.3) is 0 Å². The number of carbonyl (C=O) groups is 2. The highest BCUT2D eigenvalue weighted by atomic mass is 16.5. The van der Waals surface area contributed by atoms with Gasteiger partial charge in [-0.15, -0.1) is 0 Å². The molecule has 2 aromatic carbocycles. The Kier molecular flexibility index (Phi) is 8.91. The number of nitrogens with one attached hydrogen (secondary N) is 1. The van der Waals surface area contributed by atoms with Crippen molar-refractivity contribution in [3.8, 4) is 5.75 Å². The number of anilines is 3. The van der Waals surface area contributed by atoms with Gasteiger partial charge in [-0.1, -0.05) is 18.2 Å². The molecule has 1 aliphatic rings. The molecule has 9 heteroatoms. The molecule has 4 N–H and O–H groups in total. The molecule has 0 unspecified atom stereocenters. The summed E-state index contributed by atoms with van der Waals surface area (Å²) >= 11 is 0. The third-order valence-electron chi connectivity index (χ3n) is 5.57. The predicted molar refractivity (Wildman–Crippen MR) is 130 cm³/mol. The molecule has 2 aromatic rings. The van der Waals surface area contributed by atoms with Gasteiger partial charge in [-0.2, -0.15) is 0 Å². The zero-order valence-corrected chi connectivity index (χ0v) is 19.1. The maximum atomic E-state index is 11.9. The van der Waals surface area contributed by atoms with Crippen LogP contribution in [0.25, 0.3) is 0 Å². The van der Waals surface area contributed by atoms with E-state index in [4.69, 9.17) is 10.5 Å². The monoisotopic (exact) mass is 455 g/mol. The highest BCUT2D eigenvalue weighted by Gasteiger charge is 2.22. The second-order valence-electron chi connectivity index (χ2n) is 7.80. The van der Waals surface area contributed by atoms with E-state index in [1.165, 1.54) is 4.90 Å². The first kappa shape index (κ1) is 24.3. The molecule has 1 fully saturated rings. The lowest BCUT2D eigenvalue weighted by atomic mass is 10.2. The van der Waals surface area contributed by atoms with Gasteiger partial charge in [-0.3, -0.25) is 14.6 Å². The molecule has 1 aliphatic heterocycles. The summed E-state index contributed by atoms with van der Waals surface area (Å²) in [4.78, 5) is 29.6. The summed E-state index contributed by atoms with van der Waals surface area (Å²) in [7, 11) is 0. The first-order valence-electron chi connectivity index (χ1n) is 11.3. The zero-order valence-electron chi connectivity index (χ0n) is 19.1. The summed E-state index contributed by atoms with van der Waals surface area (Å²) in [6.45, 7) is 6.97. The molecule has 0 spiro atoms. The summed E-state index contributed by atoms with van der Waals surface area (Å²) in [6.07, 6.45) is -0.694. The average Bonchev–Trinajstić information content (AvgIpc) is 2.81. The maximum Gasteiger partial charge on any atom is 0.411 e. The Bertz CT molecular complexity index is 931. The second-order valence-corrected chi connectivity index (χ2v) is 7.80. The molecule has 0 radical (unpaired) electrons. The standard InChI is InChI=1S/C24H33N5O4/c1-2-33-22-9-4-3-8-21(22)29(24(31)32)17-14-27-12-15-28(16-13-27)20-7-5-6-19(18-20)26-23(30)10-11-25/h3-9,18H,2,10-17,25H2,1H3,(H,26,30)(H,31,32). The molecule has 0 atom stereocenters. The highest BCUT2D eigenvalue weighted by Crippen LogP contribution is 2.28. The molecular formula is C24H33N5O4. The lowest BCUT2D eigenvalue weighted by Crippen LogP contribution is -2.49. The van der Waals surface area contributed by atoms with Gasteiger partial charge in [-0.05, 0) is 37.3 Å². The maximum absolute atomic E-state index is 11.9. The van der Waals surface area contributed by atoms with Crippen molar-refractivity contribution in [3.05, 3.63) is 48.5 Å². The van der Waals surface area contributed by atoms with Crippen LogP contribution in [-0.2, 0) is 4.79 Å². The van der Waals surface area contributed by atoms with Gasteiger partial charge < -0.3 is 25.8 Å². The van der Waals surface area contributed by atoms with Gasteiger partial charge in [0.2, 0.25) is 5.91 Å². The van der Waals surface area contributed by atoms with Crippen LogP contribution < -0.4 is 25.6 Å². The van der Waals surface area contributed by atoms with Crippen LogP contribution in [0.1, 0.15) is 13.3 Å². The van der Waals surface area contributed by atoms with Crippen LogP contribution >= 0.6 is 0 Å². The van der Waals surface area contributed by atoms with Gasteiger partial charge >= 0.3 is 6.09 Å². The molecular weight excluding hydrogens is 422 g/mol. The van der Waals surface area contributed by atoms with Crippen LogP contribution in [0.2, 0.25) is 0 Å². The van der Waals surface area contributed by atoms with Crippen LogP contribution in [0.5, 0.6) is 5.75 Å².